The van der Waals surface area contributed by atoms with E-state index < -0.39 is 0 Å². The topological polar surface area (TPSA) is 0 Å². The second-order valence-corrected chi connectivity index (χ2v) is 6.84. The van der Waals surface area contributed by atoms with Gasteiger partial charge in [-0.3, -0.25) is 0 Å². The maximum Gasteiger partial charge on any atom is -0.0108 e. The number of benzene rings is 3. The third-order valence-corrected chi connectivity index (χ3v) is 5.10. The maximum absolute atomic E-state index is 2.40. The number of allylic oxidation sites excluding steroid dienone is 3. The van der Waals surface area contributed by atoms with Crippen LogP contribution in [-0.4, -0.2) is 0 Å². The second kappa shape index (κ2) is 7.11. The normalized spacial score (nSPS) is 14.8. The van der Waals surface area contributed by atoms with E-state index in [1.54, 1.807) is 0 Å². The van der Waals surface area contributed by atoms with Gasteiger partial charge in [0.1, 0.15) is 0 Å². The van der Waals surface area contributed by atoms with Gasteiger partial charge in [-0.2, -0.15) is 0 Å². The molecule has 0 atom stereocenters. The summed E-state index contributed by atoms with van der Waals surface area (Å²) in [5.41, 5.74) is 6.94. The minimum atomic E-state index is 1.18. The van der Waals surface area contributed by atoms with Gasteiger partial charge in [-0.05, 0) is 57.5 Å². The van der Waals surface area contributed by atoms with Crippen LogP contribution in [0.25, 0.3) is 28.0 Å². The van der Waals surface area contributed by atoms with Crippen molar-refractivity contribution in [1.29, 1.82) is 0 Å². The Kier molecular flexibility index (Phi) is 4.52. The van der Waals surface area contributed by atoms with E-state index >= 15 is 0 Å². The van der Waals surface area contributed by atoms with E-state index in [1.165, 1.54) is 64.3 Å². The summed E-state index contributed by atoms with van der Waals surface area (Å²) in [7, 11) is 0. The second-order valence-electron chi connectivity index (χ2n) is 6.84. The lowest BCUT2D eigenvalue weighted by Gasteiger charge is -2.06. The Morgan fingerprint density at radius 1 is 0.760 bits per heavy atom. The van der Waals surface area contributed by atoms with Crippen molar-refractivity contribution in [1.82, 2.24) is 0 Å². The number of fused-ring (bicyclic) bond motifs is 2. The molecule has 0 aromatic heterocycles. The van der Waals surface area contributed by atoms with Gasteiger partial charge in [-0.25, -0.2) is 0 Å². The highest BCUT2D eigenvalue weighted by atomic mass is 14.2. The first-order valence-corrected chi connectivity index (χ1v) is 9.36. The Labute approximate surface area is 150 Å². The maximum atomic E-state index is 2.40. The van der Waals surface area contributed by atoms with Gasteiger partial charge in [-0.15, -0.1) is 0 Å². The molecule has 0 spiro atoms. The fraction of sp³-hybridized carbons (Fsp3) is 0.200. The smallest absolute Gasteiger partial charge is 0.0108 e. The number of rotatable bonds is 5. The fourth-order valence-electron chi connectivity index (χ4n) is 3.79. The van der Waals surface area contributed by atoms with Crippen molar-refractivity contribution in [3.8, 4) is 0 Å². The standard InChI is InChI=1S/C25H24/c1-2-3-4-11-21-18-22(25-16-8-7-15-24(21)25)17-20-13-9-12-19-10-5-6-14-23(19)20/h5-10,12-18H,2-4,11H2,1H3. The minimum Gasteiger partial charge on any atom is -0.0654 e. The van der Waals surface area contributed by atoms with Gasteiger partial charge in [0.2, 0.25) is 0 Å². The van der Waals surface area contributed by atoms with Crippen LogP contribution in [-0.2, 0) is 0 Å². The first-order valence-electron chi connectivity index (χ1n) is 9.36. The summed E-state index contributed by atoms with van der Waals surface area (Å²) in [6.07, 6.45) is 9.79. The highest BCUT2D eigenvalue weighted by Crippen LogP contribution is 2.39. The van der Waals surface area contributed by atoms with Gasteiger partial charge in [0.15, 0.2) is 0 Å². The number of hydrogen-bond acceptors (Lipinski definition) is 0. The predicted octanol–water partition coefficient (Wildman–Crippen LogP) is 7.36. The van der Waals surface area contributed by atoms with E-state index in [1.807, 2.05) is 0 Å². The van der Waals surface area contributed by atoms with Gasteiger partial charge in [0, 0.05) is 0 Å². The Balaban J connectivity index is 1.77. The van der Waals surface area contributed by atoms with Crippen molar-refractivity contribution in [2.45, 2.75) is 32.6 Å². The molecule has 3 aromatic carbocycles. The molecule has 0 nitrogen and oxygen atoms in total. The van der Waals surface area contributed by atoms with Gasteiger partial charge < -0.3 is 0 Å². The van der Waals surface area contributed by atoms with Crippen LogP contribution in [0.15, 0.2) is 72.8 Å². The lowest BCUT2D eigenvalue weighted by molar-refractivity contribution is 0.736. The fourth-order valence-corrected chi connectivity index (χ4v) is 3.79. The first-order chi connectivity index (χ1) is 12.4. The molecule has 4 rings (SSSR count). The summed E-state index contributed by atoms with van der Waals surface area (Å²) >= 11 is 0. The molecular formula is C25H24. The van der Waals surface area contributed by atoms with E-state index in [-0.39, 0.29) is 0 Å². The average molecular weight is 324 g/mol. The molecule has 1 aliphatic rings. The Morgan fingerprint density at radius 3 is 2.40 bits per heavy atom. The number of unbranched alkanes of at least 4 members (excludes halogenated alkanes) is 2. The molecule has 0 amide bonds. The monoisotopic (exact) mass is 324 g/mol. The predicted molar refractivity (Wildman–Crippen MR) is 110 cm³/mol. The molecule has 25 heavy (non-hydrogen) atoms. The number of hydrogen-bond donors (Lipinski definition) is 0. The Morgan fingerprint density at radius 2 is 1.52 bits per heavy atom. The molecule has 1 aliphatic carbocycles. The molecule has 0 N–H and O–H groups in total. The summed E-state index contributed by atoms with van der Waals surface area (Å²) in [4.78, 5) is 0. The van der Waals surface area contributed by atoms with Crippen molar-refractivity contribution < 1.29 is 0 Å². The van der Waals surface area contributed by atoms with Crippen LogP contribution in [0.2, 0.25) is 0 Å². The van der Waals surface area contributed by atoms with Crippen molar-refractivity contribution in [2.24, 2.45) is 0 Å². The van der Waals surface area contributed by atoms with Crippen LogP contribution in [0, 0.1) is 0 Å². The lowest BCUT2D eigenvalue weighted by Crippen LogP contribution is -1.85. The molecule has 124 valence electrons. The van der Waals surface area contributed by atoms with Crippen LogP contribution >= 0.6 is 0 Å². The van der Waals surface area contributed by atoms with Crippen LogP contribution in [0.1, 0.15) is 49.3 Å². The largest absolute Gasteiger partial charge is 0.0654 e. The molecule has 0 radical (unpaired) electrons. The van der Waals surface area contributed by atoms with Crippen LogP contribution in [0.5, 0.6) is 0 Å². The summed E-state index contributed by atoms with van der Waals surface area (Å²) in [5.74, 6) is 0. The molecule has 0 saturated carbocycles. The van der Waals surface area contributed by atoms with E-state index in [0.717, 1.165) is 0 Å². The lowest BCUT2D eigenvalue weighted by atomic mass is 9.99. The van der Waals surface area contributed by atoms with Gasteiger partial charge >= 0.3 is 0 Å². The summed E-state index contributed by atoms with van der Waals surface area (Å²) in [6, 6.07) is 24.0. The van der Waals surface area contributed by atoms with Crippen LogP contribution < -0.4 is 0 Å². The molecule has 0 heterocycles. The molecular weight excluding hydrogens is 300 g/mol. The zero-order valence-corrected chi connectivity index (χ0v) is 14.8. The summed E-state index contributed by atoms with van der Waals surface area (Å²) < 4.78 is 0. The van der Waals surface area contributed by atoms with Crippen LogP contribution in [0.4, 0.5) is 0 Å². The third kappa shape index (κ3) is 3.17. The van der Waals surface area contributed by atoms with E-state index in [2.05, 4.69) is 85.8 Å². The molecule has 0 heteroatoms. The summed E-state index contributed by atoms with van der Waals surface area (Å²) in [5, 5.41) is 2.62. The zero-order valence-electron chi connectivity index (χ0n) is 14.8. The highest BCUT2D eigenvalue weighted by Gasteiger charge is 2.17. The first kappa shape index (κ1) is 15.9. The molecule has 0 fully saturated rings. The highest BCUT2D eigenvalue weighted by molar-refractivity contribution is 6.04. The van der Waals surface area contributed by atoms with Crippen molar-refractivity contribution >= 4 is 28.0 Å². The van der Waals surface area contributed by atoms with Crippen molar-refractivity contribution in [2.75, 3.05) is 0 Å². The Bertz CT molecular complexity index is 951. The Hall–Kier alpha value is -2.60. The average Bonchev–Trinajstić information content (AvgIpc) is 3.00. The van der Waals surface area contributed by atoms with Gasteiger partial charge in [0.05, 0.1) is 0 Å². The molecule has 0 aliphatic heterocycles. The SMILES string of the molecule is CCCCCC1=CC(=Cc2cccc3ccccc23)c2ccccc21. The third-order valence-electron chi connectivity index (χ3n) is 5.10. The molecule has 0 unspecified atom stereocenters. The zero-order chi connectivity index (χ0) is 17.1. The molecule has 0 saturated heterocycles. The molecule has 0 bridgehead atoms. The van der Waals surface area contributed by atoms with Crippen molar-refractivity contribution in [3.63, 3.8) is 0 Å². The van der Waals surface area contributed by atoms with Gasteiger partial charge in [0.25, 0.3) is 0 Å². The van der Waals surface area contributed by atoms with E-state index in [9.17, 15) is 0 Å². The summed E-state index contributed by atoms with van der Waals surface area (Å²) in [6.45, 7) is 2.27. The van der Waals surface area contributed by atoms with Crippen molar-refractivity contribution in [3.05, 3.63) is 89.5 Å². The van der Waals surface area contributed by atoms with Crippen LogP contribution in [0.3, 0.4) is 0 Å². The minimum absolute atomic E-state index is 1.18. The van der Waals surface area contributed by atoms with E-state index in [4.69, 9.17) is 0 Å². The van der Waals surface area contributed by atoms with Gasteiger partial charge in [-0.1, -0.05) is 92.6 Å². The quantitative estimate of drug-likeness (QED) is 0.430. The van der Waals surface area contributed by atoms with E-state index in [0.29, 0.717) is 0 Å². The molecule has 3 aromatic rings.